The average molecular weight is 763 g/mol. The molecule has 2 aromatic carbocycles. The lowest BCUT2D eigenvalue weighted by Gasteiger charge is -2.36. The molecule has 0 radical (unpaired) electrons. The van der Waals surface area contributed by atoms with Crippen LogP contribution in [0.3, 0.4) is 0 Å². The van der Waals surface area contributed by atoms with Crippen molar-refractivity contribution in [3.05, 3.63) is 71.8 Å². The van der Waals surface area contributed by atoms with Crippen LogP contribution < -0.4 is 10.6 Å². The predicted molar refractivity (Wildman–Crippen MR) is 200 cm³/mol. The zero-order valence-corrected chi connectivity index (χ0v) is 31.9. The van der Waals surface area contributed by atoms with Crippen molar-refractivity contribution in [1.29, 1.82) is 0 Å². The summed E-state index contributed by atoms with van der Waals surface area (Å²) in [4.78, 5) is 82.3. The third-order valence-electron chi connectivity index (χ3n) is 10.5. The van der Waals surface area contributed by atoms with Crippen molar-refractivity contribution >= 4 is 35.9 Å². The number of benzene rings is 2. The van der Waals surface area contributed by atoms with Gasteiger partial charge in [-0.1, -0.05) is 55.0 Å². The minimum absolute atomic E-state index is 0.0622. The number of carbonyl (C=O) groups is 6. The molecular formula is C41H54N4O10. The Labute approximate surface area is 322 Å². The third kappa shape index (κ3) is 12.4. The number of amides is 4. The molecule has 14 nitrogen and oxygen atoms in total. The summed E-state index contributed by atoms with van der Waals surface area (Å²) >= 11 is 0. The summed E-state index contributed by atoms with van der Waals surface area (Å²) in [6.07, 6.45) is 5.08. The maximum absolute atomic E-state index is 13.8. The number of nitrogens with one attached hydrogen (secondary N) is 2. The monoisotopic (exact) mass is 762 g/mol. The lowest BCUT2D eigenvalue weighted by molar-refractivity contribution is -0.178. The van der Waals surface area contributed by atoms with Crippen molar-refractivity contribution in [2.45, 2.75) is 109 Å². The number of nitrogens with zero attached hydrogens (tertiary/aromatic N) is 2. The van der Waals surface area contributed by atoms with Crippen LogP contribution in [-0.2, 0) is 39.9 Å². The van der Waals surface area contributed by atoms with Gasteiger partial charge in [-0.25, -0.2) is 14.4 Å². The van der Waals surface area contributed by atoms with Gasteiger partial charge in [-0.05, 0) is 88.3 Å². The number of hydrogen-bond donors (Lipinski definition) is 2. The van der Waals surface area contributed by atoms with E-state index in [2.05, 4.69) is 10.6 Å². The van der Waals surface area contributed by atoms with Gasteiger partial charge in [-0.2, -0.15) is 0 Å². The fourth-order valence-corrected chi connectivity index (χ4v) is 7.26. The van der Waals surface area contributed by atoms with E-state index in [9.17, 15) is 28.8 Å². The molecule has 2 saturated heterocycles. The van der Waals surface area contributed by atoms with Crippen LogP contribution in [0, 0.1) is 11.8 Å². The number of piperidine rings is 2. The number of hydrogen-bond acceptors (Lipinski definition) is 10. The van der Waals surface area contributed by atoms with Crippen LogP contribution in [0.5, 0.6) is 0 Å². The van der Waals surface area contributed by atoms with Crippen molar-refractivity contribution in [1.82, 2.24) is 20.4 Å². The number of rotatable bonds is 13. The number of carbonyl (C=O) groups excluding carboxylic acids is 6. The number of likely N-dealkylation sites (tertiary alicyclic amines) is 2. The fraction of sp³-hybridized carbons (Fsp3) is 0.561. The predicted octanol–water partition coefficient (Wildman–Crippen LogP) is 5.69. The summed E-state index contributed by atoms with van der Waals surface area (Å²) in [6, 6.07) is 17.7. The van der Waals surface area contributed by atoms with E-state index < -0.39 is 41.8 Å². The summed E-state index contributed by atoms with van der Waals surface area (Å²) in [7, 11) is 0. The Bertz CT molecular complexity index is 1610. The molecule has 55 heavy (non-hydrogen) atoms. The lowest BCUT2D eigenvalue weighted by Crippen LogP contribution is -2.66. The van der Waals surface area contributed by atoms with E-state index in [-0.39, 0.29) is 42.7 Å². The first-order chi connectivity index (χ1) is 26.5. The first-order valence-corrected chi connectivity index (χ1v) is 19.5. The zero-order valence-electron chi connectivity index (χ0n) is 31.9. The molecule has 2 heterocycles. The summed E-state index contributed by atoms with van der Waals surface area (Å²) in [5.41, 5.74) is -0.874. The summed E-state index contributed by atoms with van der Waals surface area (Å²) in [6.45, 7) is 4.66. The smallest absolute Gasteiger partial charge is 0.445 e. The van der Waals surface area contributed by atoms with Crippen molar-refractivity contribution in [3.63, 3.8) is 0 Å². The molecule has 0 bridgehead atoms. The second-order valence-electron chi connectivity index (χ2n) is 14.8. The van der Waals surface area contributed by atoms with E-state index in [0.29, 0.717) is 45.3 Å². The molecule has 3 aliphatic rings. The van der Waals surface area contributed by atoms with Gasteiger partial charge >= 0.3 is 18.2 Å². The second kappa shape index (κ2) is 20.0. The molecule has 3 fully saturated rings. The Hall–Kier alpha value is -5.14. The minimum Gasteiger partial charge on any atom is -0.445 e. The highest BCUT2D eigenvalue weighted by Crippen LogP contribution is 2.25. The van der Waals surface area contributed by atoms with Gasteiger partial charge in [0.05, 0.1) is 5.92 Å². The number of ether oxygens (including phenoxy) is 4. The Morgan fingerprint density at radius 3 is 2.15 bits per heavy atom. The first kappa shape index (κ1) is 41.0. The van der Waals surface area contributed by atoms with Gasteiger partial charge in [0.25, 0.3) is 5.91 Å². The topological polar surface area (TPSA) is 170 Å². The molecule has 0 aromatic heterocycles. The van der Waals surface area contributed by atoms with E-state index in [0.717, 1.165) is 50.5 Å². The first-order valence-electron chi connectivity index (χ1n) is 19.5. The van der Waals surface area contributed by atoms with Crippen LogP contribution in [0.2, 0.25) is 0 Å². The SMILES string of the molecule is CC(OC(=O)OC1CCCCC1)OC(=O)[C@@](C)(NC(=O)c1ccccc1)NC(=O)[C@@H]1CCCN(C(=O)CCC2CCN(C(=O)OCc3ccccc3)CC2)C1. The minimum atomic E-state index is -2.05. The molecule has 0 spiro atoms. The van der Waals surface area contributed by atoms with Crippen LogP contribution in [0.25, 0.3) is 0 Å². The van der Waals surface area contributed by atoms with Gasteiger partial charge in [0.2, 0.25) is 23.8 Å². The fourth-order valence-electron chi connectivity index (χ4n) is 7.26. The maximum Gasteiger partial charge on any atom is 0.511 e. The molecule has 1 saturated carbocycles. The number of esters is 1. The van der Waals surface area contributed by atoms with Crippen LogP contribution in [0.4, 0.5) is 9.59 Å². The van der Waals surface area contributed by atoms with E-state index in [1.165, 1.54) is 13.8 Å². The summed E-state index contributed by atoms with van der Waals surface area (Å²) in [5.74, 6) is -2.66. The van der Waals surface area contributed by atoms with E-state index in [1.54, 1.807) is 40.1 Å². The molecule has 4 amide bonds. The molecule has 3 atom stereocenters. The molecular weight excluding hydrogens is 708 g/mol. The molecule has 298 valence electrons. The molecule has 14 heteroatoms. The van der Waals surface area contributed by atoms with Crippen molar-refractivity contribution in [2.24, 2.45) is 11.8 Å². The molecule has 2 aromatic rings. The van der Waals surface area contributed by atoms with Gasteiger partial charge in [-0.15, -0.1) is 0 Å². The normalized spacial score (nSPS) is 19.6. The Balaban J connectivity index is 1.11. The zero-order chi connectivity index (χ0) is 39.2. The highest BCUT2D eigenvalue weighted by Gasteiger charge is 2.42. The van der Waals surface area contributed by atoms with Gasteiger partial charge in [0.1, 0.15) is 12.7 Å². The van der Waals surface area contributed by atoms with E-state index in [1.807, 2.05) is 30.3 Å². The van der Waals surface area contributed by atoms with Crippen molar-refractivity contribution in [2.75, 3.05) is 26.2 Å². The molecule has 2 N–H and O–H groups in total. The quantitative estimate of drug-likeness (QED) is 0.147. The average Bonchev–Trinajstić information content (AvgIpc) is 3.20. The van der Waals surface area contributed by atoms with Gasteiger partial charge < -0.3 is 39.4 Å². The summed E-state index contributed by atoms with van der Waals surface area (Å²) < 4.78 is 21.4. The van der Waals surface area contributed by atoms with E-state index in [4.69, 9.17) is 18.9 Å². The van der Waals surface area contributed by atoms with Gasteiger partial charge in [-0.3, -0.25) is 14.4 Å². The molecule has 5 rings (SSSR count). The standard InChI is InChI=1S/C41H54N4O10/c1-29(54-40(51)55-34-18-10-5-11-19-34)53-38(49)41(2,42-36(47)32-15-8-4-9-16-32)43-37(48)33-17-12-24-45(27-33)35(46)21-20-30-22-25-44(26-23-30)39(50)52-28-31-13-6-3-7-14-31/h3-4,6-9,13-16,29-30,33-34H,5,10-12,17-28H2,1-2H3,(H,42,47)(H,43,48)/t29?,33-,41+/m1/s1. The van der Waals surface area contributed by atoms with Gasteiger partial charge in [0.15, 0.2) is 0 Å². The second-order valence-corrected chi connectivity index (χ2v) is 14.8. The van der Waals surface area contributed by atoms with Crippen LogP contribution >= 0.6 is 0 Å². The van der Waals surface area contributed by atoms with Crippen LogP contribution in [0.15, 0.2) is 60.7 Å². The van der Waals surface area contributed by atoms with Crippen LogP contribution in [0.1, 0.15) is 100 Å². The van der Waals surface area contributed by atoms with Crippen molar-refractivity contribution < 1.29 is 47.7 Å². The molecule has 1 unspecified atom stereocenters. The van der Waals surface area contributed by atoms with E-state index >= 15 is 0 Å². The Morgan fingerprint density at radius 1 is 0.782 bits per heavy atom. The van der Waals surface area contributed by atoms with Crippen LogP contribution in [-0.4, -0.2) is 90.0 Å². The largest absolute Gasteiger partial charge is 0.511 e. The molecule has 2 aliphatic heterocycles. The highest BCUT2D eigenvalue weighted by atomic mass is 16.8. The third-order valence-corrected chi connectivity index (χ3v) is 10.5. The van der Waals surface area contributed by atoms with Gasteiger partial charge in [0, 0.05) is 45.1 Å². The Morgan fingerprint density at radius 2 is 1.45 bits per heavy atom. The molecule has 1 aliphatic carbocycles. The maximum atomic E-state index is 13.8. The van der Waals surface area contributed by atoms with Crippen molar-refractivity contribution in [3.8, 4) is 0 Å². The summed E-state index contributed by atoms with van der Waals surface area (Å²) in [5, 5.41) is 5.25. The Kier molecular flexibility index (Phi) is 14.9. The highest BCUT2D eigenvalue weighted by molar-refractivity contribution is 5.99. The lowest BCUT2D eigenvalue weighted by atomic mass is 9.91.